The first kappa shape index (κ1) is 15.2. The second-order valence-electron chi connectivity index (χ2n) is 4.04. The molecule has 21 heavy (non-hydrogen) atoms. The number of benzene rings is 1. The molecule has 0 radical (unpaired) electrons. The number of thiazole rings is 1. The fourth-order valence-corrected chi connectivity index (χ4v) is 3.11. The Kier molecular flexibility index (Phi) is 4.39. The number of nitrogens with one attached hydrogen (secondary N) is 1. The Hall–Kier alpha value is -2.19. The number of nitrogens with zero attached hydrogens (tertiary/aromatic N) is 1. The van der Waals surface area contributed by atoms with Gasteiger partial charge in [0.05, 0.1) is 18.4 Å². The Labute approximate surface area is 130 Å². The predicted molar refractivity (Wildman–Crippen MR) is 83.6 cm³/mol. The monoisotopic (exact) mass is 323 g/mol. The highest BCUT2D eigenvalue weighted by Gasteiger charge is 2.17. The van der Waals surface area contributed by atoms with Gasteiger partial charge >= 0.3 is 5.97 Å². The smallest absolute Gasteiger partial charge is 0.337 e. The molecule has 0 aliphatic rings. The van der Waals surface area contributed by atoms with E-state index in [2.05, 4.69) is 10.1 Å². The summed E-state index contributed by atoms with van der Waals surface area (Å²) in [6, 6.07) is 6.68. The summed E-state index contributed by atoms with van der Waals surface area (Å²) in [5.41, 5.74) is 6.98. The first-order valence-electron chi connectivity index (χ1n) is 5.91. The molecule has 6 nitrogen and oxygen atoms in total. The van der Waals surface area contributed by atoms with Crippen molar-refractivity contribution >= 4 is 41.2 Å². The fraction of sp³-hybridized carbons (Fsp3) is 0.154. The Bertz CT molecular complexity index is 764. The SMILES string of the molecule is CNC(=O)c1sc(=S)n(-c2cccc(C(=O)OC)c2)c1N. The molecule has 1 amide bonds. The highest BCUT2D eigenvalue weighted by molar-refractivity contribution is 7.73. The van der Waals surface area contributed by atoms with Gasteiger partial charge in [0.25, 0.3) is 5.91 Å². The number of anilines is 1. The topological polar surface area (TPSA) is 86.3 Å². The van der Waals surface area contributed by atoms with Crippen molar-refractivity contribution in [2.24, 2.45) is 0 Å². The Morgan fingerprint density at radius 2 is 2.14 bits per heavy atom. The van der Waals surface area contributed by atoms with Crippen LogP contribution in [0.25, 0.3) is 5.69 Å². The zero-order chi connectivity index (χ0) is 15.6. The lowest BCUT2D eigenvalue weighted by molar-refractivity contribution is 0.0600. The molecule has 0 bridgehead atoms. The number of nitrogens with two attached hydrogens (primary N) is 1. The molecular formula is C13H13N3O3S2. The first-order chi connectivity index (χ1) is 9.99. The van der Waals surface area contributed by atoms with E-state index in [1.54, 1.807) is 28.8 Å². The number of hydrogen-bond donors (Lipinski definition) is 2. The summed E-state index contributed by atoms with van der Waals surface area (Å²) in [6.07, 6.45) is 0. The second-order valence-corrected chi connectivity index (χ2v) is 5.68. The van der Waals surface area contributed by atoms with Crippen LogP contribution in [0.4, 0.5) is 5.82 Å². The maximum atomic E-state index is 11.7. The van der Waals surface area contributed by atoms with Gasteiger partial charge in [-0.2, -0.15) is 0 Å². The van der Waals surface area contributed by atoms with Crippen molar-refractivity contribution in [3.05, 3.63) is 38.7 Å². The summed E-state index contributed by atoms with van der Waals surface area (Å²) in [6.45, 7) is 0. The van der Waals surface area contributed by atoms with Crippen LogP contribution in [-0.4, -0.2) is 30.6 Å². The van der Waals surface area contributed by atoms with Crippen LogP contribution >= 0.6 is 23.6 Å². The minimum Gasteiger partial charge on any atom is -0.465 e. The number of carbonyl (C=O) groups is 2. The van der Waals surface area contributed by atoms with Crippen LogP contribution in [0.5, 0.6) is 0 Å². The molecule has 1 heterocycles. The standard InChI is InChI=1S/C13H13N3O3S2/c1-15-11(17)9-10(14)16(13(20)21-9)8-5-3-4-7(6-8)12(18)19-2/h3-6H,14H2,1-2H3,(H,15,17). The van der Waals surface area contributed by atoms with Gasteiger partial charge in [-0.25, -0.2) is 4.79 Å². The Morgan fingerprint density at radius 3 is 2.76 bits per heavy atom. The van der Waals surface area contributed by atoms with Crippen molar-refractivity contribution < 1.29 is 14.3 Å². The summed E-state index contributed by atoms with van der Waals surface area (Å²) in [5.74, 6) is -0.512. The van der Waals surface area contributed by atoms with Crippen molar-refractivity contribution in [3.8, 4) is 5.69 Å². The van der Waals surface area contributed by atoms with Crippen LogP contribution in [0, 0.1) is 3.95 Å². The van der Waals surface area contributed by atoms with Crippen LogP contribution in [0.2, 0.25) is 0 Å². The molecule has 0 saturated carbocycles. The maximum absolute atomic E-state index is 11.7. The lowest BCUT2D eigenvalue weighted by Crippen LogP contribution is -2.18. The van der Waals surface area contributed by atoms with E-state index in [0.717, 1.165) is 11.3 Å². The van der Waals surface area contributed by atoms with E-state index in [1.165, 1.54) is 14.2 Å². The Balaban J connectivity index is 2.58. The zero-order valence-electron chi connectivity index (χ0n) is 11.4. The quantitative estimate of drug-likeness (QED) is 0.666. The number of rotatable bonds is 3. The van der Waals surface area contributed by atoms with Crippen molar-refractivity contribution in [1.29, 1.82) is 0 Å². The highest BCUT2D eigenvalue weighted by Crippen LogP contribution is 2.26. The summed E-state index contributed by atoms with van der Waals surface area (Å²) in [7, 11) is 2.83. The van der Waals surface area contributed by atoms with E-state index in [-0.39, 0.29) is 11.7 Å². The van der Waals surface area contributed by atoms with Gasteiger partial charge in [-0.3, -0.25) is 9.36 Å². The Morgan fingerprint density at radius 1 is 1.43 bits per heavy atom. The van der Waals surface area contributed by atoms with Crippen molar-refractivity contribution in [1.82, 2.24) is 9.88 Å². The summed E-state index contributed by atoms with van der Waals surface area (Å²) in [4.78, 5) is 23.7. The van der Waals surface area contributed by atoms with Crippen molar-refractivity contribution in [3.63, 3.8) is 0 Å². The molecule has 2 aromatic rings. The number of aromatic nitrogens is 1. The van der Waals surface area contributed by atoms with Crippen molar-refractivity contribution in [2.75, 3.05) is 19.9 Å². The molecule has 0 aliphatic heterocycles. The minimum atomic E-state index is -0.455. The molecule has 8 heteroatoms. The third kappa shape index (κ3) is 2.81. The fourth-order valence-electron chi connectivity index (χ4n) is 1.80. The van der Waals surface area contributed by atoms with E-state index in [9.17, 15) is 9.59 Å². The third-order valence-corrected chi connectivity index (χ3v) is 4.19. The van der Waals surface area contributed by atoms with Crippen LogP contribution in [0.15, 0.2) is 24.3 Å². The lowest BCUT2D eigenvalue weighted by atomic mass is 10.2. The molecule has 0 unspecified atom stereocenters. The average molecular weight is 323 g/mol. The van der Waals surface area contributed by atoms with Gasteiger partial charge in [0, 0.05) is 7.05 Å². The van der Waals surface area contributed by atoms with E-state index in [0.29, 0.717) is 20.1 Å². The first-order valence-corrected chi connectivity index (χ1v) is 7.14. The number of hydrogen-bond acceptors (Lipinski definition) is 6. The van der Waals surface area contributed by atoms with Crippen LogP contribution in [0.3, 0.4) is 0 Å². The van der Waals surface area contributed by atoms with E-state index in [4.69, 9.17) is 18.0 Å². The van der Waals surface area contributed by atoms with Gasteiger partial charge in [-0.1, -0.05) is 17.4 Å². The maximum Gasteiger partial charge on any atom is 0.337 e. The van der Waals surface area contributed by atoms with Crippen LogP contribution in [-0.2, 0) is 4.74 Å². The van der Waals surface area contributed by atoms with Crippen LogP contribution < -0.4 is 11.1 Å². The molecule has 0 fully saturated rings. The zero-order valence-corrected chi connectivity index (χ0v) is 13.0. The largest absolute Gasteiger partial charge is 0.465 e. The van der Waals surface area contributed by atoms with Crippen molar-refractivity contribution in [2.45, 2.75) is 0 Å². The number of ether oxygens (including phenoxy) is 1. The summed E-state index contributed by atoms with van der Waals surface area (Å²) in [5, 5.41) is 2.51. The third-order valence-electron chi connectivity index (χ3n) is 2.80. The van der Waals surface area contributed by atoms with Gasteiger partial charge < -0.3 is 15.8 Å². The normalized spacial score (nSPS) is 10.2. The summed E-state index contributed by atoms with van der Waals surface area (Å²) >= 11 is 6.37. The van der Waals surface area contributed by atoms with Gasteiger partial charge in [-0.15, -0.1) is 0 Å². The number of methoxy groups -OCH3 is 1. The van der Waals surface area contributed by atoms with E-state index in [1.807, 2.05) is 0 Å². The molecule has 110 valence electrons. The number of amides is 1. The van der Waals surface area contributed by atoms with E-state index >= 15 is 0 Å². The summed E-state index contributed by atoms with van der Waals surface area (Å²) < 4.78 is 6.66. The van der Waals surface area contributed by atoms with Gasteiger partial charge in [0.1, 0.15) is 10.7 Å². The molecule has 0 saturated heterocycles. The highest BCUT2D eigenvalue weighted by atomic mass is 32.1. The van der Waals surface area contributed by atoms with Crippen LogP contribution in [0.1, 0.15) is 20.0 Å². The van der Waals surface area contributed by atoms with Gasteiger partial charge in [0.15, 0.2) is 3.95 Å². The second kappa shape index (κ2) is 6.06. The van der Waals surface area contributed by atoms with E-state index < -0.39 is 5.97 Å². The molecule has 0 atom stereocenters. The number of esters is 1. The van der Waals surface area contributed by atoms with Gasteiger partial charge in [0.2, 0.25) is 0 Å². The molecule has 2 rings (SSSR count). The number of carbonyl (C=O) groups excluding carboxylic acids is 2. The lowest BCUT2D eigenvalue weighted by Gasteiger charge is -2.07. The average Bonchev–Trinajstić information content (AvgIpc) is 2.80. The number of nitrogen functional groups attached to an aromatic ring is 1. The molecule has 0 aliphatic carbocycles. The molecule has 1 aromatic carbocycles. The minimum absolute atomic E-state index is 0.242. The molecular weight excluding hydrogens is 310 g/mol. The molecule has 0 spiro atoms. The van der Waals surface area contributed by atoms with Gasteiger partial charge in [-0.05, 0) is 30.4 Å². The predicted octanol–water partition coefficient (Wildman–Crippen LogP) is 2.00. The molecule has 3 N–H and O–H groups in total. The molecule has 1 aromatic heterocycles.